The van der Waals surface area contributed by atoms with Gasteiger partial charge in [-0.05, 0) is 12.8 Å². The second-order valence-corrected chi connectivity index (χ2v) is 3.69. The predicted molar refractivity (Wildman–Crippen MR) is 51.8 cm³/mol. The molecule has 1 unspecified atom stereocenters. The summed E-state index contributed by atoms with van der Waals surface area (Å²) >= 11 is 0. The summed E-state index contributed by atoms with van der Waals surface area (Å²) in [4.78, 5) is 0. The van der Waals surface area contributed by atoms with Gasteiger partial charge in [0.05, 0.1) is 0 Å². The van der Waals surface area contributed by atoms with Gasteiger partial charge in [0, 0.05) is 12.1 Å². The van der Waals surface area contributed by atoms with Crippen LogP contribution in [0.15, 0.2) is 0 Å². The molecule has 1 nitrogen and oxygen atoms in total. The molecule has 0 rings (SSSR count). The summed E-state index contributed by atoms with van der Waals surface area (Å²) in [6.45, 7) is 11.2. The van der Waals surface area contributed by atoms with Gasteiger partial charge >= 0.3 is 0 Å². The van der Waals surface area contributed by atoms with Crippen molar-refractivity contribution in [3.05, 3.63) is 0 Å². The summed E-state index contributed by atoms with van der Waals surface area (Å²) in [7, 11) is 0. The molecule has 0 aromatic rings. The Kier molecular flexibility index (Phi) is 5.57. The molecule has 0 spiro atoms. The van der Waals surface area contributed by atoms with Crippen molar-refractivity contribution in [3.63, 3.8) is 0 Å². The van der Waals surface area contributed by atoms with Crippen LogP contribution in [0.4, 0.5) is 0 Å². The molecule has 0 aliphatic carbocycles. The highest BCUT2D eigenvalue weighted by Crippen LogP contribution is 2.12. The van der Waals surface area contributed by atoms with Crippen molar-refractivity contribution < 1.29 is 0 Å². The molecule has 0 aliphatic rings. The Balaban J connectivity index is 3.68. The maximum absolute atomic E-state index is 3.54. The number of hydrogen-bond donors (Lipinski definition) is 1. The molecule has 0 saturated carbocycles. The van der Waals surface area contributed by atoms with Crippen LogP contribution >= 0.6 is 0 Å². The van der Waals surface area contributed by atoms with Gasteiger partial charge in [0.15, 0.2) is 0 Å². The molecule has 11 heavy (non-hydrogen) atoms. The third-order valence-electron chi connectivity index (χ3n) is 2.35. The summed E-state index contributed by atoms with van der Waals surface area (Å²) in [5, 5.41) is 3.54. The molecule has 0 bridgehead atoms. The van der Waals surface area contributed by atoms with E-state index in [2.05, 4.69) is 39.9 Å². The van der Waals surface area contributed by atoms with Crippen LogP contribution in [0.2, 0.25) is 0 Å². The van der Waals surface area contributed by atoms with Crippen molar-refractivity contribution in [2.75, 3.05) is 0 Å². The molecule has 1 N–H and O–H groups in total. The molecule has 68 valence electrons. The van der Waals surface area contributed by atoms with E-state index in [0.29, 0.717) is 12.1 Å². The van der Waals surface area contributed by atoms with Crippen LogP contribution in [0.25, 0.3) is 0 Å². The number of nitrogens with one attached hydrogen (secondary N) is 1. The Hall–Kier alpha value is -0.0400. The second-order valence-electron chi connectivity index (χ2n) is 3.69. The minimum absolute atomic E-state index is 0.616. The molecular weight excluding hydrogens is 134 g/mol. The third-order valence-corrected chi connectivity index (χ3v) is 2.35. The van der Waals surface area contributed by atoms with E-state index in [1.807, 2.05) is 0 Å². The van der Waals surface area contributed by atoms with Crippen molar-refractivity contribution in [3.8, 4) is 0 Å². The van der Waals surface area contributed by atoms with E-state index in [0.717, 1.165) is 5.92 Å². The average Bonchev–Trinajstić information content (AvgIpc) is 1.88. The summed E-state index contributed by atoms with van der Waals surface area (Å²) in [6, 6.07) is 1.29. The lowest BCUT2D eigenvalue weighted by Crippen LogP contribution is -2.37. The molecule has 0 aromatic carbocycles. The van der Waals surface area contributed by atoms with Gasteiger partial charge in [-0.25, -0.2) is 0 Å². The summed E-state index contributed by atoms with van der Waals surface area (Å²) < 4.78 is 0. The van der Waals surface area contributed by atoms with Crippen LogP contribution in [0.1, 0.15) is 47.5 Å². The lowest BCUT2D eigenvalue weighted by Gasteiger charge is -2.24. The maximum Gasteiger partial charge on any atom is 0.00691 e. The molecule has 0 fully saturated rings. The van der Waals surface area contributed by atoms with Crippen LogP contribution in [0.3, 0.4) is 0 Å². The number of hydrogen-bond acceptors (Lipinski definition) is 1. The van der Waals surface area contributed by atoms with E-state index in [4.69, 9.17) is 0 Å². The molecule has 0 aromatic heterocycles. The lowest BCUT2D eigenvalue weighted by molar-refractivity contribution is 0.335. The Bertz CT molecular complexity index is 84.9. The van der Waals surface area contributed by atoms with E-state index in [1.165, 1.54) is 12.8 Å². The van der Waals surface area contributed by atoms with Gasteiger partial charge in [-0.1, -0.05) is 40.5 Å². The zero-order chi connectivity index (χ0) is 8.85. The second kappa shape index (κ2) is 5.59. The smallest absolute Gasteiger partial charge is 0.00691 e. The SMILES string of the molecule is CCC(CC)C(C)NC(C)C. The quantitative estimate of drug-likeness (QED) is 0.647. The fourth-order valence-electron chi connectivity index (χ4n) is 1.66. The summed E-state index contributed by atoms with van der Waals surface area (Å²) in [6.07, 6.45) is 2.58. The van der Waals surface area contributed by atoms with E-state index in [9.17, 15) is 0 Å². The first-order valence-corrected chi connectivity index (χ1v) is 4.87. The Morgan fingerprint density at radius 1 is 1.00 bits per heavy atom. The molecular formula is C10H23N. The fourth-order valence-corrected chi connectivity index (χ4v) is 1.66. The molecule has 1 heteroatoms. The zero-order valence-corrected chi connectivity index (χ0v) is 8.65. The molecule has 0 aliphatic heterocycles. The van der Waals surface area contributed by atoms with Crippen LogP contribution < -0.4 is 5.32 Å². The standard InChI is InChI=1S/C10H23N/c1-6-10(7-2)9(5)11-8(3)4/h8-11H,6-7H2,1-5H3. The van der Waals surface area contributed by atoms with Gasteiger partial charge in [0.2, 0.25) is 0 Å². The first-order valence-electron chi connectivity index (χ1n) is 4.87. The van der Waals surface area contributed by atoms with Gasteiger partial charge in [0.1, 0.15) is 0 Å². The van der Waals surface area contributed by atoms with Crippen molar-refractivity contribution in [2.24, 2.45) is 5.92 Å². The van der Waals surface area contributed by atoms with Gasteiger partial charge in [-0.3, -0.25) is 0 Å². The van der Waals surface area contributed by atoms with Crippen molar-refractivity contribution in [1.29, 1.82) is 0 Å². The van der Waals surface area contributed by atoms with Crippen LogP contribution in [-0.4, -0.2) is 12.1 Å². The van der Waals surface area contributed by atoms with Crippen LogP contribution in [0, 0.1) is 5.92 Å². The minimum Gasteiger partial charge on any atom is -0.312 e. The highest BCUT2D eigenvalue weighted by molar-refractivity contribution is 4.71. The minimum atomic E-state index is 0.616. The van der Waals surface area contributed by atoms with Crippen molar-refractivity contribution in [2.45, 2.75) is 59.5 Å². The molecule has 0 radical (unpaired) electrons. The number of rotatable bonds is 5. The summed E-state index contributed by atoms with van der Waals surface area (Å²) in [5.41, 5.74) is 0. The van der Waals surface area contributed by atoms with E-state index >= 15 is 0 Å². The average molecular weight is 157 g/mol. The molecule has 1 atom stereocenters. The lowest BCUT2D eigenvalue weighted by atomic mass is 9.95. The Morgan fingerprint density at radius 2 is 1.45 bits per heavy atom. The molecule has 0 saturated heterocycles. The van der Waals surface area contributed by atoms with E-state index in [-0.39, 0.29) is 0 Å². The normalized spacial score (nSPS) is 14.5. The first kappa shape index (κ1) is 11.0. The monoisotopic (exact) mass is 157 g/mol. The Labute approximate surface area is 71.6 Å². The van der Waals surface area contributed by atoms with Crippen molar-refractivity contribution >= 4 is 0 Å². The molecule has 0 amide bonds. The van der Waals surface area contributed by atoms with E-state index < -0.39 is 0 Å². The zero-order valence-electron chi connectivity index (χ0n) is 8.65. The van der Waals surface area contributed by atoms with Gasteiger partial charge in [-0.2, -0.15) is 0 Å². The largest absolute Gasteiger partial charge is 0.312 e. The van der Waals surface area contributed by atoms with Gasteiger partial charge in [0.25, 0.3) is 0 Å². The van der Waals surface area contributed by atoms with Gasteiger partial charge < -0.3 is 5.32 Å². The Morgan fingerprint density at radius 3 is 1.73 bits per heavy atom. The van der Waals surface area contributed by atoms with Gasteiger partial charge in [-0.15, -0.1) is 0 Å². The van der Waals surface area contributed by atoms with Crippen LogP contribution in [0.5, 0.6) is 0 Å². The third kappa shape index (κ3) is 4.41. The fraction of sp³-hybridized carbons (Fsp3) is 1.00. The molecule has 0 heterocycles. The highest BCUT2D eigenvalue weighted by Gasteiger charge is 2.12. The first-order chi connectivity index (χ1) is 5.11. The van der Waals surface area contributed by atoms with E-state index in [1.54, 1.807) is 0 Å². The van der Waals surface area contributed by atoms with Crippen molar-refractivity contribution in [1.82, 2.24) is 5.32 Å². The predicted octanol–water partition coefficient (Wildman–Crippen LogP) is 2.81. The summed E-state index contributed by atoms with van der Waals surface area (Å²) in [5.74, 6) is 0.845. The highest BCUT2D eigenvalue weighted by atomic mass is 14.9. The van der Waals surface area contributed by atoms with Crippen LogP contribution in [-0.2, 0) is 0 Å². The topological polar surface area (TPSA) is 12.0 Å². The maximum atomic E-state index is 3.54.